The summed E-state index contributed by atoms with van der Waals surface area (Å²) in [7, 11) is 1.66. The second-order valence-corrected chi connectivity index (χ2v) is 11.8. The number of halogens is 1. The maximum Gasteiger partial charge on any atom is 0.410 e. The number of anilines is 1. The third kappa shape index (κ3) is 5.05. The van der Waals surface area contributed by atoms with Gasteiger partial charge in [-0.3, -0.25) is 14.5 Å². The Bertz CT molecular complexity index is 1460. The number of carbonyl (C=O) groups is 3. The summed E-state index contributed by atoms with van der Waals surface area (Å²) in [5.74, 6) is 0.687. The van der Waals surface area contributed by atoms with Crippen LogP contribution < -0.4 is 4.90 Å². The Labute approximate surface area is 235 Å². The van der Waals surface area contributed by atoms with Gasteiger partial charge in [-0.15, -0.1) is 0 Å². The van der Waals surface area contributed by atoms with Crippen molar-refractivity contribution < 1.29 is 23.5 Å². The van der Waals surface area contributed by atoms with Gasteiger partial charge in [-0.2, -0.15) is 4.37 Å². The Morgan fingerprint density at radius 3 is 2.48 bits per heavy atom. The van der Waals surface area contributed by atoms with Gasteiger partial charge in [0.1, 0.15) is 17.7 Å². The average Bonchev–Trinajstić information content (AvgIpc) is 3.59. The Hall–Kier alpha value is -3.87. The van der Waals surface area contributed by atoms with Crippen LogP contribution in [0.15, 0.2) is 24.3 Å². The van der Waals surface area contributed by atoms with Crippen molar-refractivity contribution in [1.82, 2.24) is 28.7 Å². The Balaban J connectivity index is 1.48. The van der Waals surface area contributed by atoms with E-state index in [1.165, 1.54) is 45.6 Å². The van der Waals surface area contributed by atoms with E-state index in [0.29, 0.717) is 46.8 Å². The van der Waals surface area contributed by atoms with Gasteiger partial charge in [0.2, 0.25) is 5.91 Å². The number of amides is 3. The normalized spacial score (nSPS) is 19.1. The number of carbonyl (C=O) groups excluding carboxylic acids is 3. The number of rotatable bonds is 4. The van der Waals surface area contributed by atoms with Gasteiger partial charge in [-0.1, -0.05) is 0 Å². The van der Waals surface area contributed by atoms with Crippen LogP contribution in [0.4, 0.5) is 15.0 Å². The largest absolute Gasteiger partial charge is 0.444 e. The Morgan fingerprint density at radius 2 is 1.85 bits per heavy atom. The molecule has 11 nitrogen and oxygen atoms in total. The molecular weight excluding hydrogens is 537 g/mol. The molecule has 0 saturated carbocycles. The second kappa shape index (κ2) is 10.3. The molecule has 4 heterocycles. The molecule has 13 heteroatoms. The molecule has 0 N–H and O–H groups in total. The molecule has 2 aliphatic rings. The number of imidazole rings is 1. The molecular formula is C27H32FN7O4S. The van der Waals surface area contributed by atoms with Crippen molar-refractivity contribution in [3.63, 3.8) is 0 Å². The van der Waals surface area contributed by atoms with Gasteiger partial charge in [-0.25, -0.2) is 19.2 Å². The van der Waals surface area contributed by atoms with E-state index in [1.807, 2.05) is 32.3 Å². The van der Waals surface area contributed by atoms with Crippen molar-refractivity contribution >= 4 is 35.3 Å². The summed E-state index contributed by atoms with van der Waals surface area (Å²) in [5.41, 5.74) is 0.610. The zero-order valence-electron chi connectivity index (χ0n) is 23.3. The highest BCUT2D eigenvalue weighted by molar-refractivity contribution is 7.09. The minimum Gasteiger partial charge on any atom is -0.444 e. The first kappa shape index (κ1) is 27.7. The van der Waals surface area contributed by atoms with Crippen LogP contribution in [0.3, 0.4) is 0 Å². The molecule has 3 amide bonds. The predicted octanol–water partition coefficient (Wildman–Crippen LogP) is 4.04. The van der Waals surface area contributed by atoms with Crippen molar-refractivity contribution in [2.45, 2.75) is 65.3 Å². The summed E-state index contributed by atoms with van der Waals surface area (Å²) in [4.78, 5) is 53.5. The number of aryl methyl sites for hydroxylation is 1. The SMILES string of the molecule is Cc1nsc(-c2nc(N3C[C@H](OC(=O)N(C)C(C)(C)C)CC3=O)c3n2CCN(C(=O)c2ccc(F)cc2)[C@@H]3C)n1. The van der Waals surface area contributed by atoms with Crippen LogP contribution in [0.5, 0.6) is 0 Å². The van der Waals surface area contributed by atoms with E-state index < -0.39 is 29.6 Å². The minimum atomic E-state index is -0.648. The fourth-order valence-electron chi connectivity index (χ4n) is 4.88. The number of nitrogens with zero attached hydrogens (tertiary/aromatic N) is 7. The van der Waals surface area contributed by atoms with Gasteiger partial charge >= 0.3 is 6.09 Å². The smallest absolute Gasteiger partial charge is 0.410 e. The first-order valence-corrected chi connectivity index (χ1v) is 13.8. The second-order valence-electron chi connectivity index (χ2n) is 11.1. The summed E-state index contributed by atoms with van der Waals surface area (Å²) in [6, 6.07) is 4.98. The maximum absolute atomic E-state index is 13.5. The quantitative estimate of drug-likeness (QED) is 0.466. The fourth-order valence-corrected chi connectivity index (χ4v) is 5.55. The van der Waals surface area contributed by atoms with E-state index in [-0.39, 0.29) is 24.8 Å². The monoisotopic (exact) mass is 569 g/mol. The van der Waals surface area contributed by atoms with Gasteiger partial charge in [0.25, 0.3) is 5.91 Å². The summed E-state index contributed by atoms with van der Waals surface area (Å²) in [6.45, 7) is 10.3. The number of benzene rings is 1. The third-order valence-electron chi connectivity index (χ3n) is 7.38. The van der Waals surface area contributed by atoms with Crippen molar-refractivity contribution in [3.05, 3.63) is 47.2 Å². The number of aromatic nitrogens is 4. The van der Waals surface area contributed by atoms with Crippen molar-refractivity contribution in [3.8, 4) is 10.8 Å². The zero-order valence-corrected chi connectivity index (χ0v) is 24.2. The van der Waals surface area contributed by atoms with Gasteiger partial charge in [-0.05, 0) is 70.4 Å². The van der Waals surface area contributed by atoms with Crippen LogP contribution in [-0.4, -0.2) is 78.4 Å². The number of fused-ring (bicyclic) bond motifs is 1. The highest BCUT2D eigenvalue weighted by atomic mass is 32.1. The zero-order chi connectivity index (χ0) is 28.9. The van der Waals surface area contributed by atoms with Crippen molar-refractivity contribution in [1.29, 1.82) is 0 Å². The van der Waals surface area contributed by atoms with Crippen LogP contribution in [0.2, 0.25) is 0 Å². The van der Waals surface area contributed by atoms with E-state index >= 15 is 0 Å². The highest BCUT2D eigenvalue weighted by Gasteiger charge is 2.42. The Kier molecular flexibility index (Phi) is 7.11. The number of ether oxygens (including phenoxy) is 1. The molecule has 2 atom stereocenters. The molecule has 0 radical (unpaired) electrons. The third-order valence-corrected chi connectivity index (χ3v) is 8.18. The maximum atomic E-state index is 13.5. The summed E-state index contributed by atoms with van der Waals surface area (Å²) < 4.78 is 25.5. The molecule has 2 aromatic heterocycles. The molecule has 5 rings (SSSR count). The molecule has 212 valence electrons. The van der Waals surface area contributed by atoms with Crippen LogP contribution in [0, 0.1) is 12.7 Å². The van der Waals surface area contributed by atoms with E-state index in [1.54, 1.807) is 18.9 Å². The lowest BCUT2D eigenvalue weighted by Gasteiger charge is -2.36. The van der Waals surface area contributed by atoms with Gasteiger partial charge in [0, 0.05) is 31.2 Å². The van der Waals surface area contributed by atoms with Crippen LogP contribution in [0.25, 0.3) is 10.8 Å². The Morgan fingerprint density at radius 1 is 1.15 bits per heavy atom. The lowest BCUT2D eigenvalue weighted by atomic mass is 10.1. The number of hydrogen-bond donors (Lipinski definition) is 0. The van der Waals surface area contributed by atoms with Crippen LogP contribution in [0.1, 0.15) is 62.0 Å². The molecule has 1 fully saturated rings. The average molecular weight is 570 g/mol. The molecule has 0 unspecified atom stereocenters. The van der Waals surface area contributed by atoms with Crippen molar-refractivity contribution in [2.75, 3.05) is 25.0 Å². The van der Waals surface area contributed by atoms with Gasteiger partial charge in [0.05, 0.1) is 24.7 Å². The summed E-state index contributed by atoms with van der Waals surface area (Å²) in [6.07, 6.45) is -1.13. The van der Waals surface area contributed by atoms with E-state index in [4.69, 9.17) is 9.72 Å². The van der Waals surface area contributed by atoms with Gasteiger partial charge < -0.3 is 19.1 Å². The van der Waals surface area contributed by atoms with E-state index in [0.717, 1.165) is 0 Å². The lowest BCUT2D eigenvalue weighted by molar-refractivity contribution is -0.117. The first-order valence-electron chi connectivity index (χ1n) is 13.1. The van der Waals surface area contributed by atoms with Crippen molar-refractivity contribution in [2.24, 2.45) is 0 Å². The number of hydrogen-bond acceptors (Lipinski definition) is 8. The molecule has 1 saturated heterocycles. The minimum absolute atomic E-state index is 0.0237. The molecule has 2 aliphatic heterocycles. The fraction of sp³-hybridized carbons (Fsp3) is 0.481. The molecule has 0 spiro atoms. The van der Waals surface area contributed by atoms with E-state index in [2.05, 4.69) is 9.36 Å². The standard InChI is InChI=1S/C27H32FN7O4S/c1-15-21-22(35-14-19(13-20(35)36)39-26(38)32(6)27(3,4)5)30-23(24-29-16(2)31-40-24)34(21)12-11-33(15)25(37)17-7-9-18(28)10-8-17/h7-10,15,19H,11-14H2,1-6H3/t15-,19-/m1/s1. The molecule has 3 aromatic rings. The molecule has 0 aliphatic carbocycles. The summed E-state index contributed by atoms with van der Waals surface area (Å²) >= 11 is 1.21. The van der Waals surface area contributed by atoms with E-state index in [9.17, 15) is 18.8 Å². The molecule has 0 bridgehead atoms. The first-order chi connectivity index (χ1) is 18.8. The molecule has 40 heavy (non-hydrogen) atoms. The summed E-state index contributed by atoms with van der Waals surface area (Å²) in [5, 5.41) is 0.608. The predicted molar refractivity (Wildman–Crippen MR) is 146 cm³/mol. The van der Waals surface area contributed by atoms with Crippen LogP contribution >= 0.6 is 11.5 Å². The lowest BCUT2D eigenvalue weighted by Crippen LogP contribution is -2.44. The molecule has 1 aromatic carbocycles. The highest BCUT2D eigenvalue weighted by Crippen LogP contribution is 2.40. The van der Waals surface area contributed by atoms with Gasteiger partial charge in [0.15, 0.2) is 16.6 Å². The van der Waals surface area contributed by atoms with Crippen LogP contribution in [-0.2, 0) is 16.1 Å². The topological polar surface area (TPSA) is 114 Å².